The van der Waals surface area contributed by atoms with Crippen molar-refractivity contribution in [1.82, 2.24) is 5.32 Å². The maximum absolute atomic E-state index is 12.8. The Bertz CT molecular complexity index is 868. The summed E-state index contributed by atoms with van der Waals surface area (Å²) in [6, 6.07) is 13.0. The summed E-state index contributed by atoms with van der Waals surface area (Å²) in [5.74, 6) is -0.682. The molecule has 8 heteroatoms. The normalized spacial score (nSPS) is 20.2. The minimum absolute atomic E-state index is 0.0479. The number of hydrogen-bond acceptors (Lipinski definition) is 4. The molecule has 0 saturated carbocycles. The third-order valence-electron chi connectivity index (χ3n) is 4.89. The Hall–Kier alpha value is -2.71. The van der Waals surface area contributed by atoms with Crippen molar-refractivity contribution in [2.45, 2.75) is 44.4 Å². The van der Waals surface area contributed by atoms with Gasteiger partial charge in [-0.1, -0.05) is 42.5 Å². The zero-order valence-electron chi connectivity index (χ0n) is 16.3. The molecule has 0 aromatic heterocycles. The molecule has 0 spiro atoms. The molecule has 2 aromatic carbocycles. The van der Waals surface area contributed by atoms with Gasteiger partial charge in [0.05, 0.1) is 18.3 Å². The first-order chi connectivity index (χ1) is 14.2. The van der Waals surface area contributed by atoms with E-state index in [0.717, 1.165) is 17.7 Å². The number of amides is 1. The summed E-state index contributed by atoms with van der Waals surface area (Å²) in [4.78, 5) is 24.7. The Morgan fingerprint density at radius 3 is 2.37 bits per heavy atom. The van der Waals surface area contributed by atoms with Crippen molar-refractivity contribution in [3.05, 3.63) is 71.3 Å². The lowest BCUT2D eigenvalue weighted by molar-refractivity contribution is -0.137. The van der Waals surface area contributed by atoms with E-state index >= 15 is 0 Å². The van der Waals surface area contributed by atoms with Crippen LogP contribution in [0.1, 0.15) is 23.6 Å². The number of hydrogen-bond donors (Lipinski definition) is 1. The van der Waals surface area contributed by atoms with Crippen LogP contribution in [-0.4, -0.2) is 36.5 Å². The molecule has 3 rings (SSSR count). The number of rotatable bonds is 7. The predicted molar refractivity (Wildman–Crippen MR) is 103 cm³/mol. The molecule has 160 valence electrons. The van der Waals surface area contributed by atoms with Crippen LogP contribution in [0, 0.1) is 0 Å². The van der Waals surface area contributed by atoms with Crippen molar-refractivity contribution < 1.29 is 32.2 Å². The van der Waals surface area contributed by atoms with Gasteiger partial charge in [0, 0.05) is 6.42 Å². The molecule has 1 fully saturated rings. The van der Waals surface area contributed by atoms with Crippen LogP contribution < -0.4 is 5.32 Å². The first kappa shape index (κ1) is 22.0. The summed E-state index contributed by atoms with van der Waals surface area (Å²) in [7, 11) is 0. The zero-order chi connectivity index (χ0) is 21.7. The average Bonchev–Trinajstić information content (AvgIpc) is 3.03. The van der Waals surface area contributed by atoms with Crippen LogP contribution in [0.25, 0.3) is 0 Å². The molecule has 2 aromatic rings. The Morgan fingerprint density at radius 1 is 1.13 bits per heavy atom. The fourth-order valence-corrected chi connectivity index (χ4v) is 3.15. The minimum Gasteiger partial charge on any atom is -0.368 e. The van der Waals surface area contributed by atoms with Gasteiger partial charge in [0.1, 0.15) is 18.8 Å². The summed E-state index contributed by atoms with van der Waals surface area (Å²) in [5, 5.41) is 2.68. The molecule has 1 aliphatic rings. The number of carbonyl (C=O) groups excluding carboxylic acids is 2. The molecule has 1 heterocycles. The summed E-state index contributed by atoms with van der Waals surface area (Å²) in [6.07, 6.45) is -5.52. The van der Waals surface area contributed by atoms with Gasteiger partial charge < -0.3 is 14.8 Å². The maximum Gasteiger partial charge on any atom is 0.416 e. The summed E-state index contributed by atoms with van der Waals surface area (Å²) in [5.41, 5.74) is 0.605. The highest BCUT2D eigenvalue weighted by Crippen LogP contribution is 2.29. The molecule has 5 nitrogen and oxygen atoms in total. The number of carbonyl (C=O) groups is 2. The van der Waals surface area contributed by atoms with Crippen LogP contribution in [0.3, 0.4) is 0 Å². The number of Topliss-reactive ketones (excluding diaryl/α,β-unsaturated/α-hetero) is 1. The molecular weight excluding hydrogens is 399 g/mol. The van der Waals surface area contributed by atoms with Gasteiger partial charge in [-0.25, -0.2) is 0 Å². The highest BCUT2D eigenvalue weighted by molar-refractivity contribution is 5.93. The van der Waals surface area contributed by atoms with Crippen molar-refractivity contribution in [2.75, 3.05) is 6.61 Å². The van der Waals surface area contributed by atoms with Crippen LogP contribution >= 0.6 is 0 Å². The van der Waals surface area contributed by atoms with Crippen LogP contribution in [0.2, 0.25) is 0 Å². The molecular formula is C22H22F3NO4. The summed E-state index contributed by atoms with van der Waals surface area (Å²) in [6.45, 7) is 1.60. The van der Waals surface area contributed by atoms with E-state index in [4.69, 9.17) is 9.47 Å². The number of ketones is 1. The zero-order valence-corrected chi connectivity index (χ0v) is 16.3. The number of alkyl halides is 3. The Kier molecular flexibility index (Phi) is 6.89. The van der Waals surface area contributed by atoms with Crippen molar-refractivity contribution in [3.63, 3.8) is 0 Å². The van der Waals surface area contributed by atoms with Gasteiger partial charge in [0.2, 0.25) is 5.91 Å². The smallest absolute Gasteiger partial charge is 0.368 e. The lowest BCUT2D eigenvalue weighted by atomic mass is 10.1. The Morgan fingerprint density at radius 2 is 1.80 bits per heavy atom. The van der Waals surface area contributed by atoms with Crippen molar-refractivity contribution in [1.29, 1.82) is 0 Å². The number of nitrogens with one attached hydrogen (secondary N) is 1. The number of benzene rings is 2. The van der Waals surface area contributed by atoms with E-state index in [1.54, 1.807) is 6.92 Å². The summed E-state index contributed by atoms with van der Waals surface area (Å²) >= 11 is 0. The Balaban J connectivity index is 1.69. The van der Waals surface area contributed by atoms with Crippen LogP contribution in [0.4, 0.5) is 13.2 Å². The van der Waals surface area contributed by atoms with E-state index in [0.29, 0.717) is 5.56 Å². The standard InChI is InChI=1S/C22H22F3NO4/c1-14-20(18(27)13-29-14)26-21(28)19(11-15-5-3-2-4-6-15)30-12-16-7-9-17(10-8-16)22(23,24)25/h2-10,14,19-20H,11-13H2,1H3,(H,26,28)/t14-,19-,20+/m0/s1. The van der Waals surface area contributed by atoms with E-state index < -0.39 is 35.9 Å². The highest BCUT2D eigenvalue weighted by Gasteiger charge is 2.35. The van der Waals surface area contributed by atoms with Crippen LogP contribution in [0.5, 0.6) is 0 Å². The quantitative estimate of drug-likeness (QED) is 0.745. The van der Waals surface area contributed by atoms with Gasteiger partial charge >= 0.3 is 6.18 Å². The summed E-state index contributed by atoms with van der Waals surface area (Å²) < 4.78 is 49.2. The fourth-order valence-electron chi connectivity index (χ4n) is 3.15. The highest BCUT2D eigenvalue weighted by atomic mass is 19.4. The SMILES string of the molecule is C[C@@H]1OCC(=O)[C@@H]1NC(=O)[C@H](Cc1ccccc1)OCc1ccc(C(F)(F)F)cc1. The molecule has 3 atom stereocenters. The maximum atomic E-state index is 12.8. The molecule has 1 N–H and O–H groups in total. The van der Waals surface area contributed by atoms with Crippen LogP contribution in [-0.2, 0) is 38.3 Å². The predicted octanol–water partition coefficient (Wildman–Crippen LogP) is 3.31. The van der Waals surface area contributed by atoms with Gasteiger partial charge in [-0.2, -0.15) is 13.2 Å². The fraction of sp³-hybridized carbons (Fsp3) is 0.364. The molecule has 1 amide bonds. The van der Waals surface area contributed by atoms with Crippen molar-refractivity contribution >= 4 is 11.7 Å². The first-order valence-corrected chi connectivity index (χ1v) is 9.50. The van der Waals surface area contributed by atoms with E-state index in [1.165, 1.54) is 12.1 Å². The number of halogens is 3. The molecule has 1 saturated heterocycles. The second kappa shape index (κ2) is 9.40. The second-order valence-electron chi connectivity index (χ2n) is 7.15. The second-order valence-corrected chi connectivity index (χ2v) is 7.15. The molecule has 30 heavy (non-hydrogen) atoms. The molecule has 0 unspecified atom stereocenters. The molecule has 0 aliphatic carbocycles. The van der Waals surface area contributed by atoms with Gasteiger partial charge in [-0.3, -0.25) is 9.59 Å². The molecule has 0 radical (unpaired) electrons. The third-order valence-corrected chi connectivity index (χ3v) is 4.89. The Labute approximate surface area is 172 Å². The lowest BCUT2D eigenvalue weighted by Crippen LogP contribution is -2.49. The van der Waals surface area contributed by atoms with Crippen molar-refractivity contribution in [3.8, 4) is 0 Å². The van der Waals surface area contributed by atoms with Crippen molar-refractivity contribution in [2.24, 2.45) is 0 Å². The number of ether oxygens (including phenoxy) is 2. The van der Waals surface area contributed by atoms with Crippen LogP contribution in [0.15, 0.2) is 54.6 Å². The van der Waals surface area contributed by atoms with Gasteiger partial charge in [-0.15, -0.1) is 0 Å². The van der Waals surface area contributed by atoms with E-state index in [9.17, 15) is 22.8 Å². The topological polar surface area (TPSA) is 64.6 Å². The van der Waals surface area contributed by atoms with E-state index in [-0.39, 0.29) is 25.4 Å². The van der Waals surface area contributed by atoms with Gasteiger partial charge in [-0.05, 0) is 30.2 Å². The van der Waals surface area contributed by atoms with E-state index in [2.05, 4.69) is 5.32 Å². The molecule has 1 aliphatic heterocycles. The first-order valence-electron chi connectivity index (χ1n) is 9.50. The van der Waals surface area contributed by atoms with Gasteiger partial charge in [0.15, 0.2) is 5.78 Å². The monoisotopic (exact) mass is 421 g/mol. The lowest BCUT2D eigenvalue weighted by Gasteiger charge is -2.21. The average molecular weight is 421 g/mol. The van der Waals surface area contributed by atoms with E-state index in [1.807, 2.05) is 30.3 Å². The largest absolute Gasteiger partial charge is 0.416 e. The third kappa shape index (κ3) is 5.67. The minimum atomic E-state index is -4.41. The van der Waals surface area contributed by atoms with Gasteiger partial charge in [0.25, 0.3) is 0 Å². The molecule has 0 bridgehead atoms.